The minimum Gasteiger partial charge on any atom is -0.356 e. The van der Waals surface area contributed by atoms with Crippen LogP contribution in [-0.2, 0) is 11.2 Å². The smallest absolute Gasteiger partial charge is 0.238 e. The van der Waals surface area contributed by atoms with E-state index in [0.717, 1.165) is 23.0 Å². The number of hydrogen-bond acceptors (Lipinski definition) is 1. The van der Waals surface area contributed by atoms with Crippen LogP contribution in [0.1, 0.15) is 30.6 Å². The van der Waals surface area contributed by atoms with Gasteiger partial charge in [0.05, 0.1) is 12.7 Å². The molecule has 5 heteroatoms. The van der Waals surface area contributed by atoms with E-state index in [0.29, 0.717) is 5.57 Å². The largest absolute Gasteiger partial charge is 0.356 e. The van der Waals surface area contributed by atoms with Gasteiger partial charge in [-0.1, -0.05) is 24.8 Å². The Morgan fingerprint density at radius 3 is 2.91 bits per heavy atom. The number of carbonyl (C=O) groups is 1. The Morgan fingerprint density at radius 2 is 2.22 bits per heavy atom. The fourth-order valence-corrected chi connectivity index (χ4v) is 3.72. The average Bonchev–Trinajstić information content (AvgIpc) is 2.91. The topological polar surface area (TPSA) is 36.1 Å². The van der Waals surface area contributed by atoms with E-state index in [2.05, 4.69) is 17.6 Å². The Balaban J connectivity index is 2.17. The first kappa shape index (κ1) is 16.1. The van der Waals surface area contributed by atoms with E-state index < -0.39 is 6.67 Å². The predicted octanol–water partition coefficient (Wildman–Crippen LogP) is 4.14. The van der Waals surface area contributed by atoms with Gasteiger partial charge in [0.2, 0.25) is 5.91 Å². The zero-order valence-electron chi connectivity index (χ0n) is 13.1. The van der Waals surface area contributed by atoms with Crippen LogP contribution < -0.4 is 0 Å². The van der Waals surface area contributed by atoms with Crippen molar-refractivity contribution >= 4 is 28.4 Å². The van der Waals surface area contributed by atoms with Crippen LogP contribution in [0.15, 0.2) is 36.4 Å². The van der Waals surface area contributed by atoms with Crippen molar-refractivity contribution in [1.29, 1.82) is 0 Å². The normalized spacial score (nSPS) is 20.6. The summed E-state index contributed by atoms with van der Waals surface area (Å²) in [5, 5.41) is 1.16. The van der Waals surface area contributed by atoms with E-state index in [9.17, 15) is 9.18 Å². The van der Waals surface area contributed by atoms with Crippen LogP contribution in [0, 0.1) is 0 Å². The number of para-hydroxylation sites is 1. The van der Waals surface area contributed by atoms with Crippen molar-refractivity contribution in [2.45, 2.75) is 31.8 Å². The van der Waals surface area contributed by atoms with E-state index in [1.807, 2.05) is 25.1 Å². The van der Waals surface area contributed by atoms with Crippen molar-refractivity contribution in [2.75, 3.05) is 12.6 Å². The molecule has 2 heterocycles. The molecule has 2 aromatic rings. The second-order valence-corrected chi connectivity index (χ2v) is 6.32. The lowest BCUT2D eigenvalue weighted by Crippen LogP contribution is -2.47. The number of nitrogens with one attached hydrogen (secondary N) is 1. The first-order valence-corrected chi connectivity index (χ1v) is 8.32. The summed E-state index contributed by atoms with van der Waals surface area (Å²) < 4.78 is 12.9. The van der Waals surface area contributed by atoms with Crippen molar-refractivity contribution in [1.82, 2.24) is 9.88 Å². The summed E-state index contributed by atoms with van der Waals surface area (Å²) in [7, 11) is 0. The number of nitrogens with zero attached hydrogens (tertiary/aromatic N) is 1. The maximum Gasteiger partial charge on any atom is 0.238 e. The van der Waals surface area contributed by atoms with Gasteiger partial charge >= 0.3 is 0 Å². The summed E-state index contributed by atoms with van der Waals surface area (Å²) in [6, 6.07) is 7.72. The maximum atomic E-state index is 12.9. The average molecular weight is 335 g/mol. The van der Waals surface area contributed by atoms with Crippen LogP contribution in [0.2, 0.25) is 0 Å². The lowest BCUT2D eigenvalue weighted by molar-refractivity contribution is -0.133. The van der Waals surface area contributed by atoms with Gasteiger partial charge in [0, 0.05) is 22.6 Å². The molecule has 3 nitrogen and oxygen atoms in total. The van der Waals surface area contributed by atoms with Crippen LogP contribution in [0.5, 0.6) is 0 Å². The fraction of sp³-hybridized carbons (Fsp3) is 0.389. The number of aromatic amines is 1. The Morgan fingerprint density at radius 1 is 1.48 bits per heavy atom. The number of H-pyrrole nitrogens is 1. The monoisotopic (exact) mass is 334 g/mol. The van der Waals surface area contributed by atoms with Gasteiger partial charge in [-0.15, -0.1) is 11.6 Å². The van der Waals surface area contributed by atoms with E-state index in [1.165, 1.54) is 5.56 Å². The molecule has 0 fully saturated rings. The molecule has 0 saturated heterocycles. The SMILES string of the molecule is C=C(CCF)[C@H]1c2[nH]c3ccccc3c2C[C@H](C)N1C(=O)CCl. The van der Waals surface area contributed by atoms with Crippen LogP contribution in [0.4, 0.5) is 4.39 Å². The Bertz CT molecular complexity index is 755. The second-order valence-electron chi connectivity index (χ2n) is 6.05. The van der Waals surface area contributed by atoms with Gasteiger partial charge in [0.15, 0.2) is 0 Å². The molecule has 0 saturated carbocycles. The van der Waals surface area contributed by atoms with Crippen LogP contribution >= 0.6 is 11.6 Å². The van der Waals surface area contributed by atoms with Gasteiger partial charge in [-0.05, 0) is 37.0 Å². The molecule has 0 radical (unpaired) electrons. The Kier molecular flexibility index (Phi) is 4.44. The van der Waals surface area contributed by atoms with Gasteiger partial charge < -0.3 is 9.88 Å². The molecule has 3 rings (SSSR count). The van der Waals surface area contributed by atoms with Crippen LogP contribution in [0.25, 0.3) is 10.9 Å². The number of halogens is 2. The molecule has 1 N–H and O–H groups in total. The molecule has 2 atom stereocenters. The third-order valence-electron chi connectivity index (χ3n) is 4.58. The van der Waals surface area contributed by atoms with Gasteiger partial charge in [0.1, 0.15) is 5.88 Å². The number of carbonyl (C=O) groups excluding carboxylic acids is 1. The number of rotatable bonds is 4. The third-order valence-corrected chi connectivity index (χ3v) is 4.81. The first-order valence-electron chi connectivity index (χ1n) is 7.78. The summed E-state index contributed by atoms with van der Waals surface area (Å²) in [5.41, 5.74) is 3.87. The highest BCUT2D eigenvalue weighted by Gasteiger charge is 2.38. The molecule has 0 spiro atoms. The molecular formula is C18H20ClFN2O. The minimum absolute atomic E-state index is 0.00526. The summed E-state index contributed by atoms with van der Waals surface area (Å²) in [6.07, 6.45) is 0.986. The van der Waals surface area contributed by atoms with Gasteiger partial charge in [0.25, 0.3) is 0 Å². The molecule has 1 aromatic carbocycles. The predicted molar refractivity (Wildman–Crippen MR) is 91.5 cm³/mol. The van der Waals surface area contributed by atoms with Crippen molar-refractivity contribution in [3.63, 3.8) is 0 Å². The number of fused-ring (bicyclic) bond motifs is 3. The minimum atomic E-state index is -0.484. The third kappa shape index (κ3) is 2.65. The van der Waals surface area contributed by atoms with Gasteiger partial charge in [-0.25, -0.2) is 0 Å². The van der Waals surface area contributed by atoms with Crippen LogP contribution in [0.3, 0.4) is 0 Å². The second kappa shape index (κ2) is 6.36. The van der Waals surface area contributed by atoms with Gasteiger partial charge in [-0.2, -0.15) is 0 Å². The van der Waals surface area contributed by atoms with Gasteiger partial charge in [-0.3, -0.25) is 9.18 Å². The van der Waals surface area contributed by atoms with Crippen molar-refractivity contribution < 1.29 is 9.18 Å². The molecule has 1 aromatic heterocycles. The lowest BCUT2D eigenvalue weighted by atomic mass is 9.88. The number of alkyl halides is 2. The molecule has 1 aliphatic rings. The summed E-state index contributed by atoms with van der Waals surface area (Å²) in [4.78, 5) is 17.5. The number of benzene rings is 1. The summed E-state index contributed by atoms with van der Waals surface area (Å²) >= 11 is 5.80. The summed E-state index contributed by atoms with van der Waals surface area (Å²) in [6.45, 7) is 5.56. The molecule has 0 unspecified atom stereocenters. The standard InChI is InChI=1S/C18H20ClFN2O/c1-11(7-8-20)18-17-14(9-12(2)22(18)16(23)10-19)13-5-3-4-6-15(13)21-17/h3-6,12,18,21H,1,7-10H2,2H3/t12-,18-/m0/s1. The molecule has 122 valence electrons. The van der Waals surface area contributed by atoms with Crippen LogP contribution in [-0.4, -0.2) is 34.4 Å². The van der Waals surface area contributed by atoms with E-state index in [-0.39, 0.29) is 30.3 Å². The molecule has 0 aliphatic carbocycles. The Labute approximate surface area is 140 Å². The quantitative estimate of drug-likeness (QED) is 0.662. The zero-order chi connectivity index (χ0) is 16.6. The van der Waals surface area contributed by atoms with E-state index >= 15 is 0 Å². The highest BCUT2D eigenvalue weighted by atomic mass is 35.5. The van der Waals surface area contributed by atoms with Crippen molar-refractivity contribution in [3.05, 3.63) is 47.7 Å². The summed E-state index contributed by atoms with van der Waals surface area (Å²) in [5.74, 6) is -0.229. The van der Waals surface area contributed by atoms with Crippen molar-refractivity contribution in [3.8, 4) is 0 Å². The highest BCUT2D eigenvalue weighted by molar-refractivity contribution is 6.27. The number of hydrogen-bond donors (Lipinski definition) is 1. The zero-order valence-corrected chi connectivity index (χ0v) is 13.9. The fourth-order valence-electron chi connectivity index (χ4n) is 3.58. The number of amides is 1. The maximum absolute atomic E-state index is 12.9. The van der Waals surface area contributed by atoms with E-state index in [4.69, 9.17) is 11.6 Å². The molecule has 0 bridgehead atoms. The molecular weight excluding hydrogens is 315 g/mol. The lowest BCUT2D eigenvalue weighted by Gasteiger charge is -2.41. The molecule has 23 heavy (non-hydrogen) atoms. The van der Waals surface area contributed by atoms with Crippen molar-refractivity contribution in [2.24, 2.45) is 0 Å². The van der Waals surface area contributed by atoms with E-state index in [1.54, 1.807) is 4.90 Å². The first-order chi connectivity index (χ1) is 11.1. The number of aromatic nitrogens is 1. The Hall–Kier alpha value is -1.81. The molecule has 1 amide bonds. The molecule has 1 aliphatic heterocycles. The highest BCUT2D eigenvalue weighted by Crippen LogP contribution is 2.41.